The maximum Gasteiger partial charge on any atom is 0.335 e. The van der Waals surface area contributed by atoms with E-state index in [0.29, 0.717) is 12.3 Å². The molecule has 7 heteroatoms. The van der Waals surface area contributed by atoms with Crippen LogP contribution >= 0.6 is 0 Å². The highest BCUT2D eigenvalue weighted by Crippen LogP contribution is 2.16. The minimum Gasteiger partial charge on any atom is -0.478 e. The minimum atomic E-state index is -4.03. The van der Waals surface area contributed by atoms with E-state index < -0.39 is 26.7 Å². The summed E-state index contributed by atoms with van der Waals surface area (Å²) in [6.45, 7) is 4.04. The van der Waals surface area contributed by atoms with E-state index in [2.05, 4.69) is 4.72 Å². The number of hydrogen-bond acceptors (Lipinski definition) is 3. The molecular formula is C12H16FNO4S. The van der Waals surface area contributed by atoms with Crippen molar-refractivity contribution in [1.82, 2.24) is 4.72 Å². The van der Waals surface area contributed by atoms with E-state index in [-0.39, 0.29) is 12.1 Å². The van der Waals surface area contributed by atoms with Gasteiger partial charge in [-0.05, 0) is 30.5 Å². The third-order valence-electron chi connectivity index (χ3n) is 2.48. The summed E-state index contributed by atoms with van der Waals surface area (Å²) in [6.07, 6.45) is 0.611. The van der Waals surface area contributed by atoms with Gasteiger partial charge in [0.25, 0.3) is 0 Å². The van der Waals surface area contributed by atoms with Gasteiger partial charge < -0.3 is 5.11 Å². The lowest BCUT2D eigenvalue weighted by Gasteiger charge is -2.09. The Morgan fingerprint density at radius 2 is 2.05 bits per heavy atom. The maximum absolute atomic E-state index is 13.5. The van der Waals surface area contributed by atoms with E-state index >= 15 is 0 Å². The van der Waals surface area contributed by atoms with Crippen LogP contribution in [0.5, 0.6) is 0 Å². The molecule has 0 bridgehead atoms. The molecule has 0 fully saturated rings. The van der Waals surface area contributed by atoms with Crippen LogP contribution in [-0.4, -0.2) is 26.0 Å². The number of carboxylic acids is 1. The highest BCUT2D eigenvalue weighted by atomic mass is 32.2. The molecule has 0 aliphatic rings. The normalized spacial score (nSPS) is 11.8. The van der Waals surface area contributed by atoms with E-state index in [1.807, 2.05) is 13.8 Å². The Hall–Kier alpha value is -1.47. The highest BCUT2D eigenvalue weighted by molar-refractivity contribution is 7.89. The van der Waals surface area contributed by atoms with Crippen LogP contribution in [0.4, 0.5) is 4.39 Å². The van der Waals surface area contributed by atoms with Crippen LogP contribution in [-0.2, 0) is 10.0 Å². The fourth-order valence-corrected chi connectivity index (χ4v) is 2.55. The zero-order chi connectivity index (χ0) is 14.6. The van der Waals surface area contributed by atoms with Crippen LogP contribution in [0.1, 0.15) is 30.6 Å². The molecule has 1 aromatic carbocycles. The Morgan fingerprint density at radius 1 is 1.42 bits per heavy atom. The summed E-state index contributed by atoms with van der Waals surface area (Å²) in [7, 11) is -4.03. The van der Waals surface area contributed by atoms with Gasteiger partial charge in [-0.1, -0.05) is 13.8 Å². The molecule has 0 aliphatic carbocycles. The number of carbonyl (C=O) groups is 1. The number of carboxylic acid groups (broad SMARTS) is 1. The van der Waals surface area contributed by atoms with E-state index in [1.54, 1.807) is 0 Å². The van der Waals surface area contributed by atoms with Crippen LogP contribution < -0.4 is 4.72 Å². The molecule has 0 spiro atoms. The van der Waals surface area contributed by atoms with Crippen molar-refractivity contribution < 1.29 is 22.7 Å². The van der Waals surface area contributed by atoms with Gasteiger partial charge >= 0.3 is 5.97 Å². The molecule has 0 saturated heterocycles. The molecular weight excluding hydrogens is 273 g/mol. The molecule has 0 radical (unpaired) electrons. The van der Waals surface area contributed by atoms with Crippen molar-refractivity contribution in [2.75, 3.05) is 6.54 Å². The SMILES string of the molecule is CC(C)CCNS(=O)(=O)c1cc(C(=O)O)ccc1F. The van der Waals surface area contributed by atoms with Gasteiger partial charge in [-0.15, -0.1) is 0 Å². The van der Waals surface area contributed by atoms with Crippen molar-refractivity contribution in [3.8, 4) is 0 Å². The first-order chi connectivity index (χ1) is 8.74. The molecule has 19 heavy (non-hydrogen) atoms. The Labute approximate surface area is 111 Å². The minimum absolute atomic E-state index is 0.177. The van der Waals surface area contributed by atoms with E-state index in [4.69, 9.17) is 5.11 Å². The predicted molar refractivity (Wildman–Crippen MR) is 68.0 cm³/mol. The molecule has 2 N–H and O–H groups in total. The van der Waals surface area contributed by atoms with Crippen molar-refractivity contribution in [1.29, 1.82) is 0 Å². The zero-order valence-corrected chi connectivity index (χ0v) is 11.5. The van der Waals surface area contributed by atoms with Crippen LogP contribution in [0.2, 0.25) is 0 Å². The van der Waals surface area contributed by atoms with Gasteiger partial charge in [-0.2, -0.15) is 0 Å². The van der Waals surface area contributed by atoms with Crippen LogP contribution in [0.15, 0.2) is 23.1 Å². The maximum atomic E-state index is 13.5. The summed E-state index contributed by atoms with van der Waals surface area (Å²) < 4.78 is 39.5. The lowest BCUT2D eigenvalue weighted by molar-refractivity contribution is 0.0696. The molecule has 0 saturated carbocycles. The second-order valence-electron chi connectivity index (χ2n) is 4.53. The number of benzene rings is 1. The molecule has 0 aromatic heterocycles. The van der Waals surface area contributed by atoms with E-state index in [0.717, 1.165) is 18.2 Å². The Balaban J connectivity index is 3.00. The number of sulfonamides is 1. The summed E-state index contributed by atoms with van der Waals surface area (Å²) in [4.78, 5) is 10.1. The van der Waals surface area contributed by atoms with Gasteiger partial charge in [0.05, 0.1) is 5.56 Å². The Bertz CT molecular complexity index is 569. The molecule has 0 unspecified atom stereocenters. The van der Waals surface area contributed by atoms with Crippen molar-refractivity contribution in [3.05, 3.63) is 29.6 Å². The van der Waals surface area contributed by atoms with Crippen LogP contribution in [0.25, 0.3) is 0 Å². The van der Waals surface area contributed by atoms with Crippen molar-refractivity contribution in [2.24, 2.45) is 5.92 Å². The Kier molecular flexibility index (Phi) is 5.02. The molecule has 1 aromatic rings. The molecule has 0 amide bonds. The second kappa shape index (κ2) is 6.12. The van der Waals surface area contributed by atoms with Crippen LogP contribution in [0.3, 0.4) is 0 Å². The van der Waals surface area contributed by atoms with E-state index in [1.165, 1.54) is 0 Å². The van der Waals surface area contributed by atoms with Gasteiger partial charge in [-0.3, -0.25) is 0 Å². The summed E-state index contributed by atoms with van der Waals surface area (Å²) >= 11 is 0. The number of rotatable bonds is 6. The zero-order valence-electron chi connectivity index (χ0n) is 10.7. The lowest BCUT2D eigenvalue weighted by Crippen LogP contribution is -2.26. The summed E-state index contributed by atoms with van der Waals surface area (Å²) in [5.74, 6) is -1.97. The Morgan fingerprint density at radius 3 is 2.58 bits per heavy atom. The monoisotopic (exact) mass is 289 g/mol. The van der Waals surface area contributed by atoms with Crippen LogP contribution in [0, 0.1) is 11.7 Å². The van der Waals surface area contributed by atoms with Crippen molar-refractivity contribution >= 4 is 16.0 Å². The molecule has 1 rings (SSSR count). The van der Waals surface area contributed by atoms with E-state index in [9.17, 15) is 17.6 Å². The number of nitrogens with one attached hydrogen (secondary N) is 1. The van der Waals surface area contributed by atoms with Gasteiger partial charge in [0.2, 0.25) is 10.0 Å². The van der Waals surface area contributed by atoms with Gasteiger partial charge in [0, 0.05) is 6.54 Å². The second-order valence-corrected chi connectivity index (χ2v) is 6.27. The lowest BCUT2D eigenvalue weighted by atomic mass is 10.1. The predicted octanol–water partition coefficient (Wildman–Crippen LogP) is 1.85. The smallest absolute Gasteiger partial charge is 0.335 e. The summed E-state index contributed by atoms with van der Waals surface area (Å²) in [5, 5.41) is 8.78. The quantitative estimate of drug-likeness (QED) is 0.837. The van der Waals surface area contributed by atoms with Crippen molar-refractivity contribution in [3.63, 3.8) is 0 Å². The molecule has 0 heterocycles. The first kappa shape index (κ1) is 15.6. The average Bonchev–Trinajstić information content (AvgIpc) is 2.28. The third-order valence-corrected chi connectivity index (χ3v) is 3.96. The standard InChI is InChI=1S/C12H16FNO4S/c1-8(2)5-6-14-19(17,18)11-7-9(12(15)16)3-4-10(11)13/h3-4,7-8,14H,5-6H2,1-2H3,(H,15,16). The fraction of sp³-hybridized carbons (Fsp3) is 0.417. The van der Waals surface area contributed by atoms with Gasteiger partial charge in [-0.25, -0.2) is 22.3 Å². The number of hydrogen-bond donors (Lipinski definition) is 2. The fourth-order valence-electron chi connectivity index (χ4n) is 1.40. The first-order valence-electron chi connectivity index (χ1n) is 5.76. The van der Waals surface area contributed by atoms with Gasteiger partial charge in [0.15, 0.2) is 0 Å². The first-order valence-corrected chi connectivity index (χ1v) is 7.25. The highest BCUT2D eigenvalue weighted by Gasteiger charge is 2.20. The summed E-state index contributed by atoms with van der Waals surface area (Å²) in [5.41, 5.74) is -0.273. The number of aromatic carboxylic acids is 1. The molecule has 5 nitrogen and oxygen atoms in total. The average molecular weight is 289 g/mol. The van der Waals surface area contributed by atoms with Crippen molar-refractivity contribution in [2.45, 2.75) is 25.2 Å². The van der Waals surface area contributed by atoms with Gasteiger partial charge in [0.1, 0.15) is 10.7 Å². The largest absolute Gasteiger partial charge is 0.478 e. The molecule has 106 valence electrons. The topological polar surface area (TPSA) is 83.5 Å². The third kappa shape index (κ3) is 4.29. The number of halogens is 1. The molecule has 0 atom stereocenters. The summed E-state index contributed by atoms with van der Waals surface area (Å²) in [6, 6.07) is 2.67. The molecule has 0 aliphatic heterocycles.